The molecule has 4 rings (SSSR count). The van der Waals surface area contributed by atoms with Gasteiger partial charge in [-0.15, -0.1) is 18.3 Å². The minimum Gasteiger partial charge on any atom is -0.406 e. The fraction of sp³-hybridized carbons (Fsp3) is 0.250. The lowest BCUT2D eigenvalue weighted by atomic mass is 10.1. The molecule has 0 bridgehead atoms. The second-order valence-corrected chi connectivity index (χ2v) is 6.83. The predicted molar refractivity (Wildman–Crippen MR) is 105 cm³/mol. The maximum Gasteiger partial charge on any atom is 0.573 e. The third-order valence-corrected chi connectivity index (χ3v) is 4.73. The minimum absolute atomic E-state index is 0.145. The fourth-order valence-corrected chi connectivity index (χ4v) is 3.25. The number of aryl methyl sites for hydroxylation is 1. The van der Waals surface area contributed by atoms with Crippen LogP contribution in [0.1, 0.15) is 11.1 Å². The molecular weight excluding hydrogens is 417 g/mol. The molecule has 0 atom stereocenters. The predicted octanol–water partition coefficient (Wildman–Crippen LogP) is 2.65. The molecule has 1 aromatic carbocycles. The first-order valence-electron chi connectivity index (χ1n) is 9.24. The monoisotopic (exact) mass is 434 g/mol. The quantitative estimate of drug-likeness (QED) is 0.680. The zero-order valence-corrected chi connectivity index (χ0v) is 16.3. The molecule has 0 radical (unpaired) electrons. The summed E-state index contributed by atoms with van der Waals surface area (Å²) in [4.78, 5) is 25.4. The standard InChI is InChI=1S/C20H17F3N4O4/c1-26-9-2-3-16(19(26)29)24-17-15-11-30-10-8-14(15)18(28)27(25-17)12-4-6-13(7-5-12)31-20(21,22)23/h2-7,9H,8,10-11H2,1H3,(H,24,25). The van der Waals surface area contributed by atoms with Crippen molar-refractivity contribution in [2.24, 2.45) is 7.05 Å². The van der Waals surface area contributed by atoms with Gasteiger partial charge in [-0.3, -0.25) is 9.59 Å². The van der Waals surface area contributed by atoms with Crippen LogP contribution < -0.4 is 21.2 Å². The number of benzene rings is 1. The van der Waals surface area contributed by atoms with Gasteiger partial charge in [0.2, 0.25) is 0 Å². The van der Waals surface area contributed by atoms with Crippen molar-refractivity contribution in [3.05, 3.63) is 74.4 Å². The van der Waals surface area contributed by atoms with E-state index in [4.69, 9.17) is 4.74 Å². The van der Waals surface area contributed by atoms with Crippen LogP contribution in [0.2, 0.25) is 0 Å². The normalized spacial score (nSPS) is 13.5. The van der Waals surface area contributed by atoms with E-state index in [-0.39, 0.29) is 29.4 Å². The number of fused-ring (bicyclic) bond motifs is 1. The minimum atomic E-state index is -4.82. The van der Waals surface area contributed by atoms with Crippen molar-refractivity contribution in [2.75, 3.05) is 11.9 Å². The number of alkyl halides is 3. The first kappa shape index (κ1) is 20.7. The third-order valence-electron chi connectivity index (χ3n) is 4.73. The van der Waals surface area contributed by atoms with Gasteiger partial charge in [-0.2, -0.15) is 4.68 Å². The number of pyridine rings is 1. The van der Waals surface area contributed by atoms with Crippen molar-refractivity contribution in [1.82, 2.24) is 14.3 Å². The lowest BCUT2D eigenvalue weighted by Crippen LogP contribution is -2.31. The van der Waals surface area contributed by atoms with Crippen molar-refractivity contribution in [1.29, 1.82) is 0 Å². The van der Waals surface area contributed by atoms with Crippen LogP contribution in [-0.4, -0.2) is 27.3 Å². The Labute approximate surface area is 173 Å². The van der Waals surface area contributed by atoms with Gasteiger partial charge in [0.05, 0.1) is 18.9 Å². The first-order chi connectivity index (χ1) is 14.7. The van der Waals surface area contributed by atoms with Crippen molar-refractivity contribution in [3.63, 3.8) is 0 Å². The molecule has 3 aromatic rings. The number of ether oxygens (including phenoxy) is 2. The Bertz CT molecular complexity index is 1230. The third kappa shape index (κ3) is 4.31. The zero-order valence-electron chi connectivity index (χ0n) is 16.3. The van der Waals surface area contributed by atoms with Crippen LogP contribution in [0.3, 0.4) is 0 Å². The summed E-state index contributed by atoms with van der Waals surface area (Å²) in [5.74, 6) is -0.157. The van der Waals surface area contributed by atoms with E-state index >= 15 is 0 Å². The Hall–Kier alpha value is -3.60. The van der Waals surface area contributed by atoms with Gasteiger partial charge in [-0.05, 0) is 36.4 Å². The number of hydrogen-bond acceptors (Lipinski definition) is 6. The summed E-state index contributed by atoms with van der Waals surface area (Å²) < 4.78 is 49.0. The molecule has 1 N–H and O–H groups in total. The van der Waals surface area contributed by atoms with Gasteiger partial charge in [-0.25, -0.2) is 0 Å². The molecule has 3 heterocycles. The van der Waals surface area contributed by atoms with Crippen LogP contribution in [0.15, 0.2) is 52.2 Å². The van der Waals surface area contributed by atoms with Crippen LogP contribution in [-0.2, 0) is 24.8 Å². The van der Waals surface area contributed by atoms with Crippen LogP contribution in [0.25, 0.3) is 5.69 Å². The summed E-state index contributed by atoms with van der Waals surface area (Å²) in [5.41, 5.74) is 0.806. The molecular formula is C20H17F3N4O4. The van der Waals surface area contributed by atoms with E-state index in [0.717, 1.165) is 16.8 Å². The van der Waals surface area contributed by atoms with E-state index < -0.39 is 17.7 Å². The van der Waals surface area contributed by atoms with E-state index in [0.29, 0.717) is 24.2 Å². The number of nitrogens with zero attached hydrogens (tertiary/aromatic N) is 3. The van der Waals surface area contributed by atoms with Crippen molar-refractivity contribution in [2.45, 2.75) is 19.4 Å². The number of nitrogens with one attached hydrogen (secondary N) is 1. The largest absolute Gasteiger partial charge is 0.573 e. The highest BCUT2D eigenvalue weighted by Gasteiger charge is 2.31. The van der Waals surface area contributed by atoms with Crippen molar-refractivity contribution >= 4 is 11.5 Å². The maximum atomic E-state index is 13.0. The second-order valence-electron chi connectivity index (χ2n) is 6.83. The molecule has 162 valence electrons. The molecule has 0 unspecified atom stereocenters. The average molecular weight is 434 g/mol. The summed E-state index contributed by atoms with van der Waals surface area (Å²) in [5, 5.41) is 7.29. The number of aromatic nitrogens is 3. The molecule has 31 heavy (non-hydrogen) atoms. The molecule has 0 amide bonds. The lowest BCUT2D eigenvalue weighted by Gasteiger charge is -2.21. The fourth-order valence-electron chi connectivity index (χ4n) is 3.25. The van der Waals surface area contributed by atoms with Gasteiger partial charge >= 0.3 is 6.36 Å². The maximum absolute atomic E-state index is 13.0. The topological polar surface area (TPSA) is 87.4 Å². The number of hydrogen-bond donors (Lipinski definition) is 1. The lowest BCUT2D eigenvalue weighted by molar-refractivity contribution is -0.274. The molecule has 1 aliphatic heterocycles. The highest BCUT2D eigenvalue weighted by Crippen LogP contribution is 2.26. The van der Waals surface area contributed by atoms with Crippen LogP contribution in [0.4, 0.5) is 24.7 Å². The van der Waals surface area contributed by atoms with Gasteiger partial charge in [0.1, 0.15) is 11.4 Å². The summed E-state index contributed by atoms with van der Waals surface area (Å²) in [7, 11) is 1.60. The Kier molecular flexibility index (Phi) is 5.27. The Balaban J connectivity index is 1.79. The summed E-state index contributed by atoms with van der Waals surface area (Å²) in [6, 6.07) is 8.05. The molecule has 0 saturated heterocycles. The molecule has 1 aliphatic rings. The summed E-state index contributed by atoms with van der Waals surface area (Å²) in [6.45, 7) is 0.489. The molecule has 0 aliphatic carbocycles. The van der Waals surface area contributed by atoms with Crippen molar-refractivity contribution in [3.8, 4) is 11.4 Å². The Morgan fingerprint density at radius 3 is 2.55 bits per heavy atom. The van der Waals surface area contributed by atoms with Crippen LogP contribution in [0.5, 0.6) is 5.75 Å². The molecule has 8 nitrogen and oxygen atoms in total. The zero-order chi connectivity index (χ0) is 22.2. The van der Waals surface area contributed by atoms with Gasteiger partial charge in [0, 0.05) is 30.8 Å². The SMILES string of the molecule is Cn1cccc(Nc2nn(-c3ccc(OC(F)(F)F)cc3)c(=O)c3c2COCC3)c1=O. The van der Waals surface area contributed by atoms with E-state index in [1.54, 1.807) is 25.4 Å². The van der Waals surface area contributed by atoms with Crippen LogP contribution in [0, 0.1) is 0 Å². The van der Waals surface area contributed by atoms with Crippen LogP contribution >= 0.6 is 0 Å². The molecule has 0 fully saturated rings. The second kappa shape index (κ2) is 7.91. The molecule has 0 saturated carbocycles. The van der Waals surface area contributed by atoms with E-state index in [2.05, 4.69) is 15.2 Å². The van der Waals surface area contributed by atoms with Gasteiger partial charge in [0.15, 0.2) is 5.82 Å². The average Bonchev–Trinajstić information content (AvgIpc) is 2.73. The smallest absolute Gasteiger partial charge is 0.406 e. The number of halogens is 3. The highest BCUT2D eigenvalue weighted by atomic mass is 19.4. The van der Waals surface area contributed by atoms with Crippen molar-refractivity contribution < 1.29 is 22.6 Å². The Morgan fingerprint density at radius 1 is 1.10 bits per heavy atom. The van der Waals surface area contributed by atoms with E-state index in [9.17, 15) is 22.8 Å². The Morgan fingerprint density at radius 2 is 1.84 bits per heavy atom. The first-order valence-corrected chi connectivity index (χ1v) is 9.24. The highest BCUT2D eigenvalue weighted by molar-refractivity contribution is 5.60. The van der Waals surface area contributed by atoms with E-state index in [1.165, 1.54) is 16.7 Å². The summed E-state index contributed by atoms with van der Waals surface area (Å²) in [6.07, 6.45) is -2.88. The number of anilines is 2. The molecule has 2 aromatic heterocycles. The van der Waals surface area contributed by atoms with Gasteiger partial charge in [0.25, 0.3) is 11.1 Å². The molecule has 11 heteroatoms. The summed E-state index contributed by atoms with van der Waals surface area (Å²) >= 11 is 0. The van der Waals surface area contributed by atoms with Gasteiger partial charge in [-0.1, -0.05) is 0 Å². The molecule has 0 spiro atoms. The van der Waals surface area contributed by atoms with E-state index in [1.807, 2.05) is 0 Å². The van der Waals surface area contributed by atoms with Gasteiger partial charge < -0.3 is 19.4 Å². The number of rotatable bonds is 4.